The molecule has 1 aliphatic rings. The lowest BCUT2D eigenvalue weighted by Gasteiger charge is -2.04. The third kappa shape index (κ3) is 2.16. The maximum absolute atomic E-state index is 12.0. The van der Waals surface area contributed by atoms with Gasteiger partial charge in [0.05, 0.1) is 12.2 Å². The maximum atomic E-state index is 12.0. The van der Waals surface area contributed by atoms with Crippen molar-refractivity contribution in [3.63, 3.8) is 0 Å². The number of hydrogen-bond acceptors (Lipinski definition) is 4. The van der Waals surface area contributed by atoms with Crippen molar-refractivity contribution in [3.8, 4) is 5.75 Å². The van der Waals surface area contributed by atoms with Gasteiger partial charge in [-0.3, -0.25) is 9.89 Å². The fourth-order valence-corrected chi connectivity index (χ4v) is 2.12. The molecular formula is C14H14N4O2. The van der Waals surface area contributed by atoms with Crippen molar-refractivity contribution >= 4 is 23.2 Å². The predicted molar refractivity (Wildman–Crippen MR) is 75.2 cm³/mol. The first-order valence-electron chi connectivity index (χ1n) is 6.36. The maximum Gasteiger partial charge on any atom is 0.256 e. The quantitative estimate of drug-likeness (QED) is 0.836. The number of rotatable bonds is 3. The molecule has 0 radical (unpaired) electrons. The molecule has 3 rings (SSSR count). The molecule has 102 valence electrons. The highest BCUT2D eigenvalue weighted by atomic mass is 16.5. The van der Waals surface area contributed by atoms with Gasteiger partial charge in [-0.15, -0.1) is 0 Å². The minimum Gasteiger partial charge on any atom is -0.494 e. The van der Waals surface area contributed by atoms with Crippen molar-refractivity contribution in [2.45, 2.75) is 13.8 Å². The molecule has 20 heavy (non-hydrogen) atoms. The van der Waals surface area contributed by atoms with Crippen LogP contribution in [0.15, 0.2) is 18.2 Å². The van der Waals surface area contributed by atoms with Gasteiger partial charge in [0, 0.05) is 11.3 Å². The van der Waals surface area contributed by atoms with Crippen molar-refractivity contribution in [2.75, 3.05) is 11.9 Å². The van der Waals surface area contributed by atoms with Crippen LogP contribution in [-0.4, -0.2) is 27.7 Å². The minimum absolute atomic E-state index is 0.156. The average molecular weight is 270 g/mol. The van der Waals surface area contributed by atoms with Crippen molar-refractivity contribution in [1.29, 1.82) is 0 Å². The summed E-state index contributed by atoms with van der Waals surface area (Å²) in [6.45, 7) is 4.31. The van der Waals surface area contributed by atoms with Gasteiger partial charge in [-0.2, -0.15) is 5.10 Å². The Labute approximate surface area is 115 Å². The molecule has 0 fully saturated rings. The van der Waals surface area contributed by atoms with E-state index < -0.39 is 0 Å². The Morgan fingerprint density at radius 3 is 2.95 bits per heavy atom. The number of carbonyl (C=O) groups is 1. The monoisotopic (exact) mass is 270 g/mol. The molecule has 0 spiro atoms. The van der Waals surface area contributed by atoms with Crippen LogP contribution in [-0.2, 0) is 4.79 Å². The lowest BCUT2D eigenvalue weighted by atomic mass is 10.1. The Bertz CT molecular complexity index is 703. The van der Waals surface area contributed by atoms with E-state index in [1.165, 1.54) is 0 Å². The largest absolute Gasteiger partial charge is 0.494 e. The summed E-state index contributed by atoms with van der Waals surface area (Å²) in [4.78, 5) is 16.2. The molecule has 6 heteroatoms. The Morgan fingerprint density at radius 1 is 1.40 bits per heavy atom. The van der Waals surface area contributed by atoms with Gasteiger partial charge in [0.2, 0.25) is 0 Å². The van der Waals surface area contributed by atoms with Crippen molar-refractivity contribution < 1.29 is 9.53 Å². The normalized spacial score (nSPS) is 15.3. The number of aromatic amines is 1. The van der Waals surface area contributed by atoms with Crippen molar-refractivity contribution in [2.24, 2.45) is 0 Å². The number of H-pyrrole nitrogens is 1. The second kappa shape index (κ2) is 4.80. The number of carbonyl (C=O) groups excluding carboxylic acids is 1. The number of hydrogen-bond donors (Lipinski definition) is 2. The smallest absolute Gasteiger partial charge is 0.256 e. The number of nitrogens with one attached hydrogen (secondary N) is 2. The van der Waals surface area contributed by atoms with Gasteiger partial charge in [-0.25, -0.2) is 4.98 Å². The first kappa shape index (κ1) is 12.4. The van der Waals surface area contributed by atoms with E-state index in [9.17, 15) is 4.79 Å². The Kier molecular flexibility index (Phi) is 2.98. The number of nitrogens with zero attached hydrogens (tertiary/aromatic N) is 2. The molecule has 1 aromatic heterocycles. The van der Waals surface area contributed by atoms with Crippen LogP contribution in [0.5, 0.6) is 5.75 Å². The lowest BCUT2D eigenvalue weighted by Crippen LogP contribution is -2.03. The van der Waals surface area contributed by atoms with Crippen molar-refractivity contribution in [1.82, 2.24) is 15.2 Å². The molecule has 1 amide bonds. The van der Waals surface area contributed by atoms with Gasteiger partial charge >= 0.3 is 0 Å². The summed E-state index contributed by atoms with van der Waals surface area (Å²) in [5.74, 6) is 1.77. The van der Waals surface area contributed by atoms with E-state index in [0.717, 1.165) is 17.0 Å². The molecule has 0 saturated carbocycles. The number of ether oxygens (including phenoxy) is 1. The third-order valence-electron chi connectivity index (χ3n) is 2.97. The van der Waals surface area contributed by atoms with Crippen LogP contribution in [0.1, 0.15) is 24.1 Å². The van der Waals surface area contributed by atoms with E-state index >= 15 is 0 Å². The molecule has 0 atom stereocenters. The molecule has 1 aromatic carbocycles. The zero-order chi connectivity index (χ0) is 14.1. The van der Waals surface area contributed by atoms with Crippen molar-refractivity contribution in [3.05, 3.63) is 35.4 Å². The summed E-state index contributed by atoms with van der Waals surface area (Å²) >= 11 is 0. The topological polar surface area (TPSA) is 79.9 Å². The van der Waals surface area contributed by atoms with Crippen LogP contribution < -0.4 is 10.1 Å². The van der Waals surface area contributed by atoms with E-state index in [2.05, 4.69) is 20.5 Å². The molecule has 0 unspecified atom stereocenters. The van der Waals surface area contributed by atoms with Gasteiger partial charge in [0.25, 0.3) is 5.91 Å². The number of anilines is 1. The highest BCUT2D eigenvalue weighted by molar-refractivity contribution is 6.34. The lowest BCUT2D eigenvalue weighted by molar-refractivity contribution is -0.110. The summed E-state index contributed by atoms with van der Waals surface area (Å²) in [6.07, 6.45) is 1.67. The van der Waals surface area contributed by atoms with Gasteiger partial charge in [-0.1, -0.05) is 0 Å². The molecule has 2 heterocycles. The number of amides is 1. The van der Waals surface area contributed by atoms with Crippen LogP contribution in [0, 0.1) is 6.92 Å². The Morgan fingerprint density at radius 2 is 2.25 bits per heavy atom. The van der Waals surface area contributed by atoms with E-state index in [1.54, 1.807) is 6.08 Å². The van der Waals surface area contributed by atoms with Crippen LogP contribution in [0.25, 0.3) is 11.6 Å². The molecule has 0 bridgehead atoms. The minimum atomic E-state index is -0.156. The first-order chi connectivity index (χ1) is 9.67. The fraction of sp³-hybridized carbons (Fsp3) is 0.214. The third-order valence-corrected chi connectivity index (χ3v) is 2.97. The Hall–Kier alpha value is -2.63. The summed E-state index contributed by atoms with van der Waals surface area (Å²) < 4.78 is 5.47. The second-order valence-corrected chi connectivity index (χ2v) is 4.43. The Balaban J connectivity index is 2.03. The van der Waals surface area contributed by atoms with Crippen LogP contribution in [0.4, 0.5) is 5.69 Å². The zero-order valence-electron chi connectivity index (χ0n) is 11.2. The number of aromatic nitrogens is 3. The summed E-state index contributed by atoms with van der Waals surface area (Å²) in [6, 6.07) is 5.52. The molecule has 0 saturated heterocycles. The van der Waals surface area contributed by atoms with E-state index in [1.807, 2.05) is 32.0 Å². The number of aryl methyl sites for hydroxylation is 1. The summed E-state index contributed by atoms with van der Waals surface area (Å²) in [7, 11) is 0. The van der Waals surface area contributed by atoms with Crippen LogP contribution in [0.2, 0.25) is 0 Å². The van der Waals surface area contributed by atoms with Gasteiger partial charge in [-0.05, 0) is 38.1 Å². The molecule has 0 aliphatic carbocycles. The zero-order valence-corrected chi connectivity index (χ0v) is 11.2. The van der Waals surface area contributed by atoms with E-state index in [-0.39, 0.29) is 5.91 Å². The van der Waals surface area contributed by atoms with E-state index in [4.69, 9.17) is 4.74 Å². The molecule has 6 nitrogen and oxygen atoms in total. The predicted octanol–water partition coefficient (Wildman–Crippen LogP) is 2.00. The summed E-state index contributed by atoms with van der Waals surface area (Å²) in [5.41, 5.74) is 2.13. The number of benzene rings is 1. The van der Waals surface area contributed by atoms with Gasteiger partial charge in [0.1, 0.15) is 11.6 Å². The SMILES string of the molecule is CCOc1ccc2c(c1)C(=Cc1n[nH]c(C)n1)C(=O)N2. The molecule has 2 aromatic rings. The average Bonchev–Trinajstić information content (AvgIpc) is 2.96. The van der Waals surface area contributed by atoms with Gasteiger partial charge in [0.15, 0.2) is 5.82 Å². The standard InChI is InChI=1S/C14H14N4O2/c1-3-20-9-4-5-12-10(6-9)11(14(19)16-12)7-13-15-8(2)17-18-13/h4-7H,3H2,1-2H3,(H,16,19)(H,15,17,18). The van der Waals surface area contributed by atoms with Crippen LogP contribution in [0.3, 0.4) is 0 Å². The highest BCUT2D eigenvalue weighted by Crippen LogP contribution is 2.35. The van der Waals surface area contributed by atoms with Gasteiger partial charge < -0.3 is 10.1 Å². The first-order valence-corrected chi connectivity index (χ1v) is 6.36. The molecule has 2 N–H and O–H groups in total. The molecular weight excluding hydrogens is 256 g/mol. The second-order valence-electron chi connectivity index (χ2n) is 4.43. The van der Waals surface area contributed by atoms with E-state index in [0.29, 0.717) is 23.8 Å². The number of fused-ring (bicyclic) bond motifs is 1. The highest BCUT2D eigenvalue weighted by Gasteiger charge is 2.25. The molecule has 1 aliphatic heterocycles. The summed E-state index contributed by atoms with van der Waals surface area (Å²) in [5, 5.41) is 9.59. The fourth-order valence-electron chi connectivity index (χ4n) is 2.12. The van der Waals surface area contributed by atoms with Crippen LogP contribution >= 0.6 is 0 Å².